The van der Waals surface area contributed by atoms with Crippen LogP contribution in [0.3, 0.4) is 0 Å². The van der Waals surface area contributed by atoms with E-state index in [1.807, 2.05) is 6.07 Å². The maximum atomic E-state index is 6.35. The highest BCUT2D eigenvalue weighted by Crippen LogP contribution is 2.44. The Hall–Kier alpha value is -1.89. The van der Waals surface area contributed by atoms with Gasteiger partial charge in [0.15, 0.2) is 5.75 Å². The summed E-state index contributed by atoms with van der Waals surface area (Å²) in [4.78, 5) is 12.4. The zero-order valence-electron chi connectivity index (χ0n) is 14.7. The molecule has 5 rings (SSSR count). The molecule has 5 nitrogen and oxygen atoms in total. The Balaban J connectivity index is 1.38. The minimum atomic E-state index is 0.293. The van der Waals surface area contributed by atoms with E-state index in [2.05, 4.69) is 56.7 Å². The molecule has 3 aliphatic rings. The van der Waals surface area contributed by atoms with Crippen molar-refractivity contribution >= 4 is 23.3 Å². The summed E-state index contributed by atoms with van der Waals surface area (Å²) in [6.07, 6.45) is 2.62. The Morgan fingerprint density at radius 1 is 1.00 bits per heavy atom. The quantitative estimate of drug-likeness (QED) is 0.765. The standard InChI is InChI=1S/C20H23N3O2S/c1-2-8-19-18(7-1)22-10-4-9-20(22)23(26-19)25-17-6-3-5-16(15-17)21-11-13-24-14-12-21/h1-3,5-8,15,20H,4,9-14H2. The molecule has 0 saturated carbocycles. The molecule has 0 aliphatic carbocycles. The Labute approximate surface area is 158 Å². The van der Waals surface area contributed by atoms with E-state index in [0.29, 0.717) is 6.17 Å². The SMILES string of the molecule is c1cc(ON2Sc3ccccc3N3CCCC23)cc(N2CCOCC2)c1. The smallest absolute Gasteiger partial charge is 0.150 e. The van der Waals surface area contributed by atoms with Gasteiger partial charge in [-0.25, -0.2) is 0 Å². The van der Waals surface area contributed by atoms with Crippen molar-refractivity contribution in [3.63, 3.8) is 0 Å². The molecule has 2 saturated heterocycles. The fourth-order valence-electron chi connectivity index (χ4n) is 3.92. The van der Waals surface area contributed by atoms with Crippen LogP contribution >= 0.6 is 11.9 Å². The van der Waals surface area contributed by atoms with Gasteiger partial charge < -0.3 is 19.4 Å². The minimum absolute atomic E-state index is 0.293. The van der Waals surface area contributed by atoms with Crippen molar-refractivity contribution in [1.82, 2.24) is 4.47 Å². The molecule has 26 heavy (non-hydrogen) atoms. The lowest BCUT2D eigenvalue weighted by atomic mass is 10.2. The summed E-state index contributed by atoms with van der Waals surface area (Å²) in [6.45, 7) is 4.55. The van der Waals surface area contributed by atoms with E-state index in [9.17, 15) is 0 Å². The van der Waals surface area contributed by atoms with Crippen molar-refractivity contribution in [3.05, 3.63) is 48.5 Å². The minimum Gasteiger partial charge on any atom is -0.393 e. The lowest BCUT2D eigenvalue weighted by Gasteiger charge is -2.39. The molecule has 0 radical (unpaired) electrons. The topological polar surface area (TPSA) is 28.2 Å². The summed E-state index contributed by atoms with van der Waals surface area (Å²) in [5.41, 5.74) is 2.54. The van der Waals surface area contributed by atoms with Gasteiger partial charge in [-0.15, -0.1) is 0 Å². The lowest BCUT2D eigenvalue weighted by molar-refractivity contribution is 0.00988. The highest BCUT2D eigenvalue weighted by molar-refractivity contribution is 7.97. The Kier molecular flexibility index (Phi) is 4.40. The van der Waals surface area contributed by atoms with Gasteiger partial charge in [-0.3, -0.25) is 0 Å². The van der Waals surface area contributed by atoms with Crippen LogP contribution in [0.5, 0.6) is 5.75 Å². The average molecular weight is 369 g/mol. The molecule has 2 aromatic carbocycles. The number of fused-ring (bicyclic) bond motifs is 3. The number of hydrogen-bond acceptors (Lipinski definition) is 6. The second-order valence-corrected chi connectivity index (χ2v) is 7.83. The van der Waals surface area contributed by atoms with E-state index in [1.165, 1.54) is 22.7 Å². The van der Waals surface area contributed by atoms with Crippen LogP contribution in [-0.4, -0.2) is 43.5 Å². The van der Waals surface area contributed by atoms with Gasteiger partial charge in [-0.2, -0.15) is 0 Å². The van der Waals surface area contributed by atoms with Gasteiger partial charge in [0.1, 0.15) is 6.17 Å². The Morgan fingerprint density at radius 3 is 2.81 bits per heavy atom. The summed E-state index contributed by atoms with van der Waals surface area (Å²) in [5, 5.41) is 0. The van der Waals surface area contributed by atoms with Gasteiger partial charge in [-0.05, 0) is 37.1 Å². The van der Waals surface area contributed by atoms with Crippen LogP contribution in [0.25, 0.3) is 0 Å². The summed E-state index contributed by atoms with van der Waals surface area (Å²) in [7, 11) is 0. The molecule has 0 aromatic heterocycles. The lowest BCUT2D eigenvalue weighted by Crippen LogP contribution is -2.45. The third-order valence-corrected chi connectivity index (χ3v) is 6.26. The number of nitrogens with zero attached hydrogens (tertiary/aromatic N) is 3. The van der Waals surface area contributed by atoms with Gasteiger partial charge in [0.05, 0.1) is 18.9 Å². The van der Waals surface area contributed by atoms with E-state index < -0.39 is 0 Å². The Morgan fingerprint density at radius 2 is 1.88 bits per heavy atom. The molecule has 2 aromatic rings. The van der Waals surface area contributed by atoms with Crippen molar-refractivity contribution in [2.75, 3.05) is 42.6 Å². The zero-order chi connectivity index (χ0) is 17.3. The summed E-state index contributed by atoms with van der Waals surface area (Å²) in [5.74, 6) is 0.896. The molecule has 6 heteroatoms. The average Bonchev–Trinajstić information content (AvgIpc) is 3.20. The van der Waals surface area contributed by atoms with Crippen LogP contribution < -0.4 is 14.6 Å². The molecule has 0 amide bonds. The van der Waals surface area contributed by atoms with Crippen LogP contribution in [0.4, 0.5) is 11.4 Å². The van der Waals surface area contributed by atoms with E-state index in [0.717, 1.165) is 45.0 Å². The Bertz CT molecular complexity index is 781. The van der Waals surface area contributed by atoms with Gasteiger partial charge in [0.2, 0.25) is 0 Å². The molecule has 0 N–H and O–H groups in total. The number of anilines is 2. The number of ether oxygens (including phenoxy) is 1. The van der Waals surface area contributed by atoms with Crippen LogP contribution in [0, 0.1) is 0 Å². The van der Waals surface area contributed by atoms with Gasteiger partial charge >= 0.3 is 0 Å². The van der Waals surface area contributed by atoms with E-state index in [1.54, 1.807) is 11.9 Å². The van der Waals surface area contributed by atoms with Crippen molar-refractivity contribution in [1.29, 1.82) is 0 Å². The highest BCUT2D eigenvalue weighted by Gasteiger charge is 2.38. The normalized spacial score (nSPS) is 22.8. The van der Waals surface area contributed by atoms with Crippen molar-refractivity contribution < 1.29 is 9.57 Å². The molecule has 136 valence electrons. The van der Waals surface area contributed by atoms with Crippen molar-refractivity contribution in [2.24, 2.45) is 0 Å². The number of rotatable bonds is 3. The summed E-state index contributed by atoms with van der Waals surface area (Å²) in [6, 6.07) is 17.0. The third kappa shape index (κ3) is 3.02. The highest BCUT2D eigenvalue weighted by atomic mass is 32.2. The molecule has 1 unspecified atom stereocenters. The number of hydrogen-bond donors (Lipinski definition) is 0. The fourth-order valence-corrected chi connectivity index (χ4v) is 5.00. The third-order valence-electron chi connectivity index (χ3n) is 5.22. The van der Waals surface area contributed by atoms with Gasteiger partial charge in [-0.1, -0.05) is 22.7 Å². The maximum Gasteiger partial charge on any atom is 0.150 e. The van der Waals surface area contributed by atoms with Crippen LogP contribution in [0.1, 0.15) is 12.8 Å². The predicted molar refractivity (Wildman–Crippen MR) is 105 cm³/mol. The monoisotopic (exact) mass is 369 g/mol. The van der Waals surface area contributed by atoms with Crippen LogP contribution in [0.2, 0.25) is 0 Å². The second-order valence-electron chi connectivity index (χ2n) is 6.85. The first kappa shape index (κ1) is 16.3. The molecule has 1 atom stereocenters. The maximum absolute atomic E-state index is 6.35. The van der Waals surface area contributed by atoms with E-state index in [4.69, 9.17) is 9.57 Å². The molecule has 0 bridgehead atoms. The first-order chi connectivity index (χ1) is 12.9. The molecular weight excluding hydrogens is 346 g/mol. The van der Waals surface area contributed by atoms with Crippen molar-refractivity contribution in [3.8, 4) is 5.75 Å². The van der Waals surface area contributed by atoms with E-state index >= 15 is 0 Å². The second kappa shape index (κ2) is 7.02. The van der Waals surface area contributed by atoms with Crippen molar-refractivity contribution in [2.45, 2.75) is 23.9 Å². The number of morpholine rings is 1. The zero-order valence-corrected chi connectivity index (χ0v) is 15.5. The van der Waals surface area contributed by atoms with Crippen LogP contribution in [-0.2, 0) is 4.74 Å². The van der Waals surface area contributed by atoms with Gasteiger partial charge in [0.25, 0.3) is 0 Å². The van der Waals surface area contributed by atoms with E-state index in [-0.39, 0.29) is 0 Å². The number of benzene rings is 2. The molecule has 2 fully saturated rings. The largest absolute Gasteiger partial charge is 0.393 e. The number of hydroxylamine groups is 1. The fraction of sp³-hybridized carbons (Fsp3) is 0.400. The molecule has 3 aliphatic heterocycles. The first-order valence-electron chi connectivity index (χ1n) is 9.32. The summed E-state index contributed by atoms with van der Waals surface area (Å²) < 4.78 is 7.54. The molecular formula is C20H23N3O2S. The van der Waals surface area contributed by atoms with Crippen LogP contribution in [0.15, 0.2) is 53.4 Å². The molecule has 3 heterocycles. The van der Waals surface area contributed by atoms with Gasteiger partial charge in [0, 0.05) is 48.2 Å². The summed E-state index contributed by atoms with van der Waals surface area (Å²) >= 11 is 1.71. The number of para-hydroxylation sites is 1. The molecule has 0 spiro atoms. The first-order valence-corrected chi connectivity index (χ1v) is 10.1. The predicted octanol–water partition coefficient (Wildman–Crippen LogP) is 3.77.